The second-order valence-corrected chi connectivity index (χ2v) is 5.54. The molecule has 0 bridgehead atoms. The summed E-state index contributed by atoms with van der Waals surface area (Å²) in [7, 11) is 0. The molecule has 4 N–H and O–H groups in total. The number of nitrogens with one attached hydrogen (secondary N) is 2. The number of thiophene rings is 1. The molecule has 0 saturated heterocycles. The van der Waals surface area contributed by atoms with Crippen molar-refractivity contribution in [2.45, 2.75) is 25.9 Å². The molecule has 0 saturated carbocycles. The molecule has 0 aliphatic rings. The molecule has 0 unspecified atom stereocenters. The summed E-state index contributed by atoms with van der Waals surface area (Å²) >= 11 is 1.64. The predicted molar refractivity (Wildman–Crippen MR) is 72.0 cm³/mol. The number of aromatic nitrogens is 2. The van der Waals surface area contributed by atoms with Crippen LogP contribution in [0.15, 0.2) is 23.7 Å². The van der Waals surface area contributed by atoms with E-state index in [9.17, 15) is 4.79 Å². The van der Waals surface area contributed by atoms with Crippen LogP contribution in [-0.2, 0) is 11.3 Å². The lowest BCUT2D eigenvalue weighted by atomic mass is 10.0. The molecule has 96 valence electrons. The number of nitrogens with zero attached hydrogens (tertiary/aromatic N) is 1. The van der Waals surface area contributed by atoms with Crippen molar-refractivity contribution >= 4 is 17.2 Å². The molecule has 18 heavy (non-hydrogen) atoms. The summed E-state index contributed by atoms with van der Waals surface area (Å²) < 4.78 is 0. The maximum absolute atomic E-state index is 11.2. The number of amides is 1. The van der Waals surface area contributed by atoms with Gasteiger partial charge in [0, 0.05) is 12.1 Å². The van der Waals surface area contributed by atoms with E-state index < -0.39 is 5.54 Å². The lowest BCUT2D eigenvalue weighted by Crippen LogP contribution is -2.50. The Morgan fingerprint density at radius 1 is 1.61 bits per heavy atom. The molecule has 2 aromatic rings. The third-order valence-corrected chi connectivity index (χ3v) is 3.71. The second-order valence-electron chi connectivity index (χ2n) is 4.59. The fourth-order valence-corrected chi connectivity index (χ4v) is 2.24. The number of aromatic amines is 1. The van der Waals surface area contributed by atoms with Crippen molar-refractivity contribution in [3.63, 3.8) is 0 Å². The Kier molecular flexibility index (Phi) is 3.49. The molecule has 0 fully saturated rings. The van der Waals surface area contributed by atoms with E-state index in [2.05, 4.69) is 15.5 Å². The molecule has 0 radical (unpaired) electrons. The van der Waals surface area contributed by atoms with Gasteiger partial charge in [-0.25, -0.2) is 0 Å². The number of rotatable bonds is 5. The van der Waals surface area contributed by atoms with E-state index in [-0.39, 0.29) is 5.91 Å². The topological polar surface area (TPSA) is 83.8 Å². The summed E-state index contributed by atoms with van der Waals surface area (Å²) in [5.41, 5.74) is 6.59. The van der Waals surface area contributed by atoms with E-state index in [0.717, 1.165) is 16.1 Å². The summed E-state index contributed by atoms with van der Waals surface area (Å²) in [6.07, 6.45) is 1.76. The number of H-pyrrole nitrogens is 1. The average Bonchev–Trinajstić information content (AvgIpc) is 2.96. The molecule has 0 aromatic carbocycles. The first-order valence-corrected chi connectivity index (χ1v) is 6.50. The smallest absolute Gasteiger partial charge is 0.237 e. The molecule has 2 aromatic heterocycles. The first-order valence-electron chi connectivity index (χ1n) is 5.62. The van der Waals surface area contributed by atoms with E-state index >= 15 is 0 Å². The molecule has 1 amide bonds. The van der Waals surface area contributed by atoms with Crippen molar-refractivity contribution < 1.29 is 4.79 Å². The van der Waals surface area contributed by atoms with Crippen molar-refractivity contribution in [1.82, 2.24) is 15.5 Å². The summed E-state index contributed by atoms with van der Waals surface area (Å²) in [6.45, 7) is 4.07. The molecule has 2 rings (SSSR count). The Morgan fingerprint density at radius 3 is 3.00 bits per heavy atom. The van der Waals surface area contributed by atoms with Gasteiger partial charge in [-0.15, -0.1) is 11.3 Å². The molecule has 2 heterocycles. The highest BCUT2D eigenvalue weighted by molar-refractivity contribution is 7.13. The monoisotopic (exact) mass is 264 g/mol. The van der Waals surface area contributed by atoms with Crippen molar-refractivity contribution in [2.75, 3.05) is 0 Å². The molecule has 5 nitrogen and oxygen atoms in total. The lowest BCUT2D eigenvalue weighted by Gasteiger charge is -2.22. The molecular formula is C12H16N4OS. The van der Waals surface area contributed by atoms with E-state index in [1.54, 1.807) is 31.4 Å². The highest BCUT2D eigenvalue weighted by atomic mass is 32.1. The van der Waals surface area contributed by atoms with Crippen LogP contribution in [-0.4, -0.2) is 21.6 Å². The third kappa shape index (κ3) is 2.60. The van der Waals surface area contributed by atoms with Gasteiger partial charge in [-0.3, -0.25) is 15.2 Å². The number of carbonyl (C=O) groups excluding carboxylic acids is 1. The van der Waals surface area contributed by atoms with Crippen molar-refractivity contribution in [3.8, 4) is 10.6 Å². The molecule has 0 atom stereocenters. The minimum Gasteiger partial charge on any atom is -0.368 e. The number of primary amides is 1. The van der Waals surface area contributed by atoms with E-state index in [1.165, 1.54) is 0 Å². The predicted octanol–water partition coefficient (Wildman–Crippen LogP) is 1.49. The number of hydrogen-bond acceptors (Lipinski definition) is 4. The average molecular weight is 264 g/mol. The Bertz CT molecular complexity index is 530. The SMILES string of the molecule is CC(C)(NCc1cn[nH]c1-c1cccs1)C(N)=O. The van der Waals surface area contributed by atoms with Gasteiger partial charge in [0.05, 0.1) is 22.3 Å². The van der Waals surface area contributed by atoms with Crippen LogP contribution < -0.4 is 11.1 Å². The van der Waals surface area contributed by atoms with Crippen LogP contribution in [0.4, 0.5) is 0 Å². The minimum absolute atomic E-state index is 0.372. The zero-order valence-corrected chi connectivity index (χ0v) is 11.2. The fraction of sp³-hybridized carbons (Fsp3) is 0.333. The maximum Gasteiger partial charge on any atom is 0.237 e. The maximum atomic E-state index is 11.2. The lowest BCUT2D eigenvalue weighted by molar-refractivity contribution is -0.123. The highest BCUT2D eigenvalue weighted by Crippen LogP contribution is 2.25. The normalized spacial score (nSPS) is 11.7. The number of hydrogen-bond donors (Lipinski definition) is 3. The Morgan fingerprint density at radius 2 is 2.39 bits per heavy atom. The fourth-order valence-electron chi connectivity index (χ4n) is 1.48. The van der Waals surface area contributed by atoms with Gasteiger partial charge in [0.2, 0.25) is 5.91 Å². The van der Waals surface area contributed by atoms with Gasteiger partial charge in [-0.05, 0) is 25.3 Å². The van der Waals surface area contributed by atoms with Crippen molar-refractivity contribution in [2.24, 2.45) is 5.73 Å². The van der Waals surface area contributed by atoms with Crippen LogP contribution in [0.1, 0.15) is 19.4 Å². The summed E-state index contributed by atoms with van der Waals surface area (Å²) in [6, 6.07) is 4.02. The quantitative estimate of drug-likeness (QED) is 0.765. The van der Waals surface area contributed by atoms with Crippen LogP contribution >= 0.6 is 11.3 Å². The Labute approximate surface area is 109 Å². The third-order valence-electron chi connectivity index (χ3n) is 2.82. The molecule has 0 aliphatic carbocycles. The van der Waals surface area contributed by atoms with Crippen LogP contribution in [0.5, 0.6) is 0 Å². The highest BCUT2D eigenvalue weighted by Gasteiger charge is 2.24. The standard InChI is InChI=1S/C12H16N4OS/c1-12(2,11(13)17)14-6-8-7-15-16-10(8)9-4-3-5-18-9/h3-5,7,14H,6H2,1-2H3,(H2,13,17)(H,15,16). The van der Waals surface area contributed by atoms with Crippen LogP contribution in [0, 0.1) is 0 Å². The van der Waals surface area contributed by atoms with Crippen LogP contribution in [0.25, 0.3) is 10.6 Å². The van der Waals surface area contributed by atoms with E-state index in [0.29, 0.717) is 6.54 Å². The van der Waals surface area contributed by atoms with Crippen molar-refractivity contribution in [3.05, 3.63) is 29.3 Å². The zero-order valence-electron chi connectivity index (χ0n) is 10.4. The summed E-state index contributed by atoms with van der Waals surface area (Å²) in [5, 5.41) is 12.2. The van der Waals surface area contributed by atoms with Gasteiger partial charge in [-0.1, -0.05) is 6.07 Å². The Hall–Kier alpha value is -1.66. The van der Waals surface area contributed by atoms with Gasteiger partial charge < -0.3 is 5.73 Å². The van der Waals surface area contributed by atoms with Gasteiger partial charge in [0.15, 0.2) is 0 Å². The summed E-state index contributed by atoms with van der Waals surface area (Å²) in [4.78, 5) is 12.4. The molecule has 0 aliphatic heterocycles. The van der Waals surface area contributed by atoms with Crippen LogP contribution in [0.3, 0.4) is 0 Å². The number of nitrogens with two attached hydrogens (primary N) is 1. The van der Waals surface area contributed by atoms with Crippen LogP contribution in [0.2, 0.25) is 0 Å². The second kappa shape index (κ2) is 4.91. The Balaban J connectivity index is 2.12. The van der Waals surface area contributed by atoms with Gasteiger partial charge >= 0.3 is 0 Å². The van der Waals surface area contributed by atoms with Gasteiger partial charge in [0.25, 0.3) is 0 Å². The van der Waals surface area contributed by atoms with Gasteiger partial charge in [-0.2, -0.15) is 5.10 Å². The minimum atomic E-state index is -0.732. The molecule has 6 heteroatoms. The molecular weight excluding hydrogens is 248 g/mol. The molecule has 0 spiro atoms. The summed E-state index contributed by atoms with van der Waals surface area (Å²) in [5.74, 6) is -0.372. The van der Waals surface area contributed by atoms with E-state index in [4.69, 9.17) is 5.73 Å². The largest absolute Gasteiger partial charge is 0.368 e. The van der Waals surface area contributed by atoms with Gasteiger partial charge in [0.1, 0.15) is 0 Å². The zero-order chi connectivity index (χ0) is 13.2. The van der Waals surface area contributed by atoms with E-state index in [1.807, 2.05) is 17.5 Å². The first-order chi connectivity index (χ1) is 8.50. The first kappa shape index (κ1) is 12.8. The number of carbonyl (C=O) groups is 1. The van der Waals surface area contributed by atoms with Crippen molar-refractivity contribution in [1.29, 1.82) is 0 Å².